The van der Waals surface area contributed by atoms with Crippen LogP contribution in [-0.2, 0) is 17.9 Å². The maximum Gasteiger partial charge on any atom is 0.333 e. The van der Waals surface area contributed by atoms with E-state index in [-0.39, 0.29) is 18.3 Å². The molecule has 9 nitrogen and oxygen atoms in total. The molecule has 4 rings (SSSR count). The molecule has 0 aliphatic carbocycles. The number of carbonyl (C=O) groups is 1. The summed E-state index contributed by atoms with van der Waals surface area (Å²) in [6.07, 6.45) is 0. The van der Waals surface area contributed by atoms with Gasteiger partial charge in [-0.2, -0.15) is 0 Å². The molecule has 0 radical (unpaired) electrons. The van der Waals surface area contributed by atoms with Crippen LogP contribution in [0, 0.1) is 5.82 Å². The highest BCUT2D eigenvalue weighted by atomic mass is 19.1. The van der Waals surface area contributed by atoms with Crippen LogP contribution in [0.4, 0.5) is 21.7 Å². The molecule has 2 aromatic carbocycles. The van der Waals surface area contributed by atoms with Gasteiger partial charge in [-0.15, -0.1) is 5.10 Å². The summed E-state index contributed by atoms with van der Waals surface area (Å²) >= 11 is 0. The lowest BCUT2D eigenvalue weighted by molar-refractivity contribution is -0.117. The normalized spacial score (nSPS) is 12.5. The van der Waals surface area contributed by atoms with E-state index in [9.17, 15) is 18.8 Å². The average Bonchev–Trinajstić information content (AvgIpc) is 3.17. The van der Waals surface area contributed by atoms with Crippen LogP contribution in [0.1, 0.15) is 0 Å². The van der Waals surface area contributed by atoms with Gasteiger partial charge in [0.15, 0.2) is 0 Å². The standard InChI is InChI=1S/C20H18FN5O4/c1-30-16-8-4-14(5-9-16)22-17(27)12-26-19(29)18(28)25-11-10-24(20(25)23-26)15-6-2-13(21)3-7-15/h2-9H,10-12H2,1H3,(H,22,27). The molecule has 0 saturated heterocycles. The second kappa shape index (κ2) is 7.82. The van der Waals surface area contributed by atoms with Crippen molar-refractivity contribution in [2.75, 3.05) is 23.9 Å². The monoisotopic (exact) mass is 411 g/mol. The lowest BCUT2D eigenvalue weighted by atomic mass is 10.3. The second-order valence-corrected chi connectivity index (χ2v) is 6.62. The molecular weight excluding hydrogens is 393 g/mol. The minimum atomic E-state index is -0.885. The smallest absolute Gasteiger partial charge is 0.333 e. The van der Waals surface area contributed by atoms with Crippen molar-refractivity contribution in [2.24, 2.45) is 0 Å². The Morgan fingerprint density at radius 1 is 1.07 bits per heavy atom. The molecule has 1 aliphatic rings. The van der Waals surface area contributed by atoms with E-state index in [1.54, 1.807) is 41.3 Å². The summed E-state index contributed by atoms with van der Waals surface area (Å²) in [6, 6.07) is 12.4. The third-order valence-corrected chi connectivity index (χ3v) is 4.71. The number of hydrogen-bond donors (Lipinski definition) is 1. The maximum atomic E-state index is 13.2. The van der Waals surface area contributed by atoms with Gasteiger partial charge in [0.1, 0.15) is 18.1 Å². The van der Waals surface area contributed by atoms with Crippen LogP contribution in [0.3, 0.4) is 0 Å². The molecule has 1 aliphatic heterocycles. The van der Waals surface area contributed by atoms with Gasteiger partial charge in [-0.3, -0.25) is 19.0 Å². The highest BCUT2D eigenvalue weighted by molar-refractivity contribution is 5.90. The van der Waals surface area contributed by atoms with Gasteiger partial charge in [0.2, 0.25) is 11.9 Å². The maximum absolute atomic E-state index is 13.2. The lowest BCUT2D eigenvalue weighted by Crippen LogP contribution is -2.44. The van der Waals surface area contributed by atoms with Crippen molar-refractivity contribution in [3.63, 3.8) is 0 Å². The highest BCUT2D eigenvalue weighted by Gasteiger charge is 2.26. The number of fused-ring (bicyclic) bond motifs is 1. The van der Waals surface area contributed by atoms with E-state index >= 15 is 0 Å². The van der Waals surface area contributed by atoms with Crippen LogP contribution in [0.2, 0.25) is 0 Å². The zero-order valence-corrected chi connectivity index (χ0v) is 16.0. The van der Waals surface area contributed by atoms with Gasteiger partial charge in [0, 0.05) is 24.5 Å². The molecule has 0 unspecified atom stereocenters. The van der Waals surface area contributed by atoms with Crippen molar-refractivity contribution in [1.82, 2.24) is 14.3 Å². The first-order valence-electron chi connectivity index (χ1n) is 9.15. The minimum Gasteiger partial charge on any atom is -0.497 e. The summed E-state index contributed by atoms with van der Waals surface area (Å²) in [6.45, 7) is 0.243. The van der Waals surface area contributed by atoms with Crippen LogP contribution in [0.15, 0.2) is 58.1 Å². The van der Waals surface area contributed by atoms with Crippen molar-refractivity contribution >= 4 is 23.2 Å². The first-order valence-corrected chi connectivity index (χ1v) is 9.15. The van der Waals surface area contributed by atoms with E-state index in [0.717, 1.165) is 4.68 Å². The molecule has 2 heterocycles. The summed E-state index contributed by atoms with van der Waals surface area (Å²) in [5, 5.41) is 6.87. The molecule has 1 N–H and O–H groups in total. The Balaban J connectivity index is 1.60. The molecule has 30 heavy (non-hydrogen) atoms. The number of aromatic nitrogens is 3. The molecule has 1 aromatic heterocycles. The number of anilines is 3. The Bertz CT molecular complexity index is 1200. The Labute approximate surface area is 169 Å². The Morgan fingerprint density at radius 3 is 2.43 bits per heavy atom. The van der Waals surface area contributed by atoms with E-state index in [4.69, 9.17) is 4.74 Å². The molecule has 0 bridgehead atoms. The number of ether oxygens (including phenoxy) is 1. The first kappa shape index (κ1) is 19.4. The van der Waals surface area contributed by atoms with Crippen LogP contribution in [-0.4, -0.2) is 33.9 Å². The number of carbonyl (C=O) groups excluding carboxylic acids is 1. The lowest BCUT2D eigenvalue weighted by Gasteiger charge is -2.17. The van der Waals surface area contributed by atoms with E-state index in [0.29, 0.717) is 23.7 Å². The van der Waals surface area contributed by atoms with E-state index < -0.39 is 23.6 Å². The van der Waals surface area contributed by atoms with Crippen molar-refractivity contribution in [3.05, 3.63) is 75.1 Å². The summed E-state index contributed by atoms with van der Waals surface area (Å²) in [5.74, 6) is -0.0317. The number of rotatable bonds is 5. The SMILES string of the molecule is COc1ccc(NC(=O)Cn2nc3n(c(=O)c2=O)CCN3c2ccc(F)cc2)cc1. The molecular formula is C20H18FN5O4. The number of benzene rings is 2. The summed E-state index contributed by atoms with van der Waals surface area (Å²) in [7, 11) is 1.53. The molecule has 3 aromatic rings. The Hall–Kier alpha value is -3.95. The molecule has 0 spiro atoms. The van der Waals surface area contributed by atoms with Crippen molar-refractivity contribution < 1.29 is 13.9 Å². The minimum absolute atomic E-state index is 0.225. The predicted octanol–water partition coefficient (Wildman–Crippen LogP) is 1.34. The van der Waals surface area contributed by atoms with Crippen LogP contribution < -0.4 is 26.1 Å². The molecule has 0 saturated carbocycles. The van der Waals surface area contributed by atoms with E-state index in [1.165, 1.54) is 23.8 Å². The fourth-order valence-electron chi connectivity index (χ4n) is 3.21. The summed E-state index contributed by atoms with van der Waals surface area (Å²) in [4.78, 5) is 38.9. The second-order valence-electron chi connectivity index (χ2n) is 6.62. The Kier molecular flexibility index (Phi) is 5.05. The van der Waals surface area contributed by atoms with Crippen LogP contribution in [0.5, 0.6) is 5.75 Å². The topological polar surface area (TPSA) is 98.5 Å². The Morgan fingerprint density at radius 2 is 1.77 bits per heavy atom. The molecule has 0 fully saturated rings. The third kappa shape index (κ3) is 3.66. The van der Waals surface area contributed by atoms with Gasteiger partial charge >= 0.3 is 11.1 Å². The molecule has 154 valence electrons. The van der Waals surface area contributed by atoms with E-state index in [2.05, 4.69) is 10.4 Å². The number of hydrogen-bond acceptors (Lipinski definition) is 6. The average molecular weight is 411 g/mol. The van der Waals surface area contributed by atoms with Gasteiger partial charge in [-0.05, 0) is 48.5 Å². The predicted molar refractivity (Wildman–Crippen MR) is 108 cm³/mol. The van der Waals surface area contributed by atoms with Gasteiger partial charge < -0.3 is 15.0 Å². The number of methoxy groups -OCH3 is 1. The molecule has 10 heteroatoms. The van der Waals surface area contributed by atoms with Gasteiger partial charge in [-0.25, -0.2) is 9.07 Å². The number of nitrogens with zero attached hydrogens (tertiary/aromatic N) is 4. The number of nitrogens with one attached hydrogen (secondary N) is 1. The third-order valence-electron chi connectivity index (χ3n) is 4.71. The zero-order chi connectivity index (χ0) is 21.3. The quantitative estimate of drug-likeness (QED) is 0.637. The van der Waals surface area contributed by atoms with Gasteiger partial charge in [0.05, 0.1) is 7.11 Å². The summed E-state index contributed by atoms with van der Waals surface area (Å²) < 4.78 is 20.4. The van der Waals surface area contributed by atoms with E-state index in [1.807, 2.05) is 0 Å². The number of amides is 1. The van der Waals surface area contributed by atoms with Crippen LogP contribution >= 0.6 is 0 Å². The van der Waals surface area contributed by atoms with Crippen molar-refractivity contribution in [3.8, 4) is 5.75 Å². The largest absolute Gasteiger partial charge is 0.497 e. The molecule has 1 amide bonds. The van der Waals surface area contributed by atoms with Crippen LogP contribution in [0.25, 0.3) is 0 Å². The summed E-state index contributed by atoms with van der Waals surface area (Å²) in [5.41, 5.74) is -0.506. The number of halogens is 1. The first-order chi connectivity index (χ1) is 14.5. The highest BCUT2D eigenvalue weighted by Crippen LogP contribution is 2.26. The van der Waals surface area contributed by atoms with Crippen molar-refractivity contribution in [2.45, 2.75) is 13.1 Å². The van der Waals surface area contributed by atoms with Crippen molar-refractivity contribution in [1.29, 1.82) is 0 Å². The molecule has 0 atom stereocenters. The fourth-order valence-corrected chi connectivity index (χ4v) is 3.21. The fraction of sp³-hybridized carbons (Fsp3) is 0.200. The zero-order valence-electron chi connectivity index (χ0n) is 16.0. The van der Waals surface area contributed by atoms with Gasteiger partial charge in [-0.1, -0.05) is 0 Å². The van der Waals surface area contributed by atoms with Gasteiger partial charge in [0.25, 0.3) is 0 Å².